The minimum atomic E-state index is -0.225. The fourth-order valence-electron chi connectivity index (χ4n) is 3.94. The maximum absolute atomic E-state index is 13.7. The molecule has 4 rings (SSSR count). The van der Waals surface area contributed by atoms with E-state index in [4.69, 9.17) is 0 Å². The Morgan fingerprint density at radius 3 is 2.11 bits per heavy atom. The zero-order valence-corrected chi connectivity index (χ0v) is 17.1. The summed E-state index contributed by atoms with van der Waals surface area (Å²) in [6.45, 7) is 4.33. The normalized spacial score (nSPS) is 21.6. The molecular formula is C25H25NOS. The third-order valence-corrected chi connectivity index (χ3v) is 6.86. The number of para-hydroxylation sites is 1. The number of benzene rings is 3. The Balaban J connectivity index is 1.76. The topological polar surface area (TPSA) is 20.3 Å². The van der Waals surface area contributed by atoms with Crippen molar-refractivity contribution in [2.45, 2.75) is 36.9 Å². The van der Waals surface area contributed by atoms with Crippen LogP contribution < -0.4 is 4.90 Å². The van der Waals surface area contributed by atoms with E-state index in [2.05, 4.69) is 67.3 Å². The lowest BCUT2D eigenvalue weighted by Crippen LogP contribution is -2.42. The molecule has 3 aromatic carbocycles. The first kappa shape index (κ1) is 18.8. The lowest BCUT2D eigenvalue weighted by atomic mass is 9.94. The molecule has 0 spiro atoms. The summed E-state index contributed by atoms with van der Waals surface area (Å²) in [4.78, 5) is 16.0. The highest BCUT2D eigenvalue weighted by molar-refractivity contribution is 8.00. The molecule has 1 saturated heterocycles. The molecule has 1 fully saturated rings. The molecule has 0 bridgehead atoms. The van der Waals surface area contributed by atoms with Crippen LogP contribution in [0.15, 0.2) is 84.9 Å². The first-order chi connectivity index (χ1) is 13.7. The van der Waals surface area contributed by atoms with Crippen LogP contribution in [-0.2, 0) is 6.42 Å². The Morgan fingerprint density at radius 1 is 0.893 bits per heavy atom. The molecule has 0 aliphatic carbocycles. The maximum atomic E-state index is 13.7. The van der Waals surface area contributed by atoms with Crippen LogP contribution in [-0.4, -0.2) is 17.2 Å². The fourth-order valence-corrected chi connectivity index (χ4v) is 5.46. The highest BCUT2D eigenvalue weighted by Crippen LogP contribution is 2.48. The number of Topliss-reactive ketones (excluding diaryl/α,β-unsaturated/α-hetero) is 1. The van der Waals surface area contributed by atoms with Crippen LogP contribution in [0.3, 0.4) is 0 Å². The van der Waals surface area contributed by atoms with Gasteiger partial charge in [-0.1, -0.05) is 79.7 Å². The van der Waals surface area contributed by atoms with Gasteiger partial charge in [-0.15, -0.1) is 11.8 Å². The number of nitrogens with zero attached hydrogens (tertiary/aromatic N) is 1. The molecule has 3 atom stereocenters. The van der Waals surface area contributed by atoms with Gasteiger partial charge >= 0.3 is 0 Å². The second kappa shape index (κ2) is 8.24. The van der Waals surface area contributed by atoms with Gasteiger partial charge in [0.2, 0.25) is 0 Å². The number of anilines is 1. The summed E-state index contributed by atoms with van der Waals surface area (Å²) in [5, 5.41) is 0.325. The molecular weight excluding hydrogens is 362 g/mol. The predicted molar refractivity (Wildman–Crippen MR) is 119 cm³/mol. The van der Waals surface area contributed by atoms with Crippen LogP contribution >= 0.6 is 11.8 Å². The van der Waals surface area contributed by atoms with E-state index in [0.29, 0.717) is 0 Å². The summed E-state index contributed by atoms with van der Waals surface area (Å²) in [5.74, 6) is 0.192. The summed E-state index contributed by atoms with van der Waals surface area (Å²) < 4.78 is 0. The first-order valence-corrected chi connectivity index (χ1v) is 10.8. The third-order valence-electron chi connectivity index (χ3n) is 5.42. The number of rotatable bonds is 5. The Hall–Kier alpha value is -2.52. The zero-order chi connectivity index (χ0) is 19.5. The second-order valence-electron chi connectivity index (χ2n) is 7.17. The van der Waals surface area contributed by atoms with Gasteiger partial charge in [0.05, 0.1) is 10.6 Å². The highest BCUT2D eigenvalue weighted by Gasteiger charge is 2.44. The third kappa shape index (κ3) is 3.59. The smallest absolute Gasteiger partial charge is 0.186 e. The van der Waals surface area contributed by atoms with E-state index in [9.17, 15) is 4.79 Å². The molecule has 142 valence electrons. The van der Waals surface area contributed by atoms with Crippen LogP contribution in [0.4, 0.5) is 5.69 Å². The number of thioether (sulfide) groups is 1. The fraction of sp³-hybridized carbons (Fsp3) is 0.240. The van der Waals surface area contributed by atoms with Crippen LogP contribution in [0, 0.1) is 0 Å². The second-order valence-corrected chi connectivity index (χ2v) is 8.63. The molecule has 1 aliphatic heterocycles. The quantitative estimate of drug-likeness (QED) is 0.490. The van der Waals surface area contributed by atoms with Crippen molar-refractivity contribution in [3.63, 3.8) is 0 Å². The molecule has 3 heteroatoms. The van der Waals surface area contributed by atoms with Crippen LogP contribution in [0.5, 0.6) is 0 Å². The van der Waals surface area contributed by atoms with Gasteiger partial charge in [-0.25, -0.2) is 0 Å². The molecule has 2 nitrogen and oxygen atoms in total. The number of ketones is 1. The molecule has 3 aromatic rings. The van der Waals surface area contributed by atoms with Crippen molar-refractivity contribution in [3.05, 3.63) is 102 Å². The van der Waals surface area contributed by atoms with Crippen LogP contribution in [0.2, 0.25) is 0 Å². The molecule has 1 aliphatic rings. The molecule has 0 amide bonds. The minimum absolute atomic E-state index is 0.106. The number of carbonyl (C=O) groups excluding carboxylic acids is 1. The standard InChI is InChI=1S/C25H25NOS/c1-3-19-14-16-20(17-15-19)24(27)23-25(21-10-6-4-7-11-21)28-18(2)26(23)22-12-8-5-9-13-22/h4-18,23,25H,3H2,1-2H3/t18-,23+,25-/m0/s1. The number of hydrogen-bond acceptors (Lipinski definition) is 3. The van der Waals surface area contributed by atoms with E-state index in [0.717, 1.165) is 17.7 Å². The first-order valence-electron chi connectivity index (χ1n) is 9.86. The van der Waals surface area contributed by atoms with Gasteiger partial charge in [-0.05, 0) is 36.6 Å². The van der Waals surface area contributed by atoms with E-state index in [-0.39, 0.29) is 22.4 Å². The zero-order valence-electron chi connectivity index (χ0n) is 16.3. The van der Waals surface area contributed by atoms with Crippen molar-refractivity contribution in [1.29, 1.82) is 0 Å². The summed E-state index contributed by atoms with van der Waals surface area (Å²) in [7, 11) is 0. The van der Waals surface area contributed by atoms with Crippen LogP contribution in [0.1, 0.15) is 40.6 Å². The molecule has 0 unspecified atom stereocenters. The van der Waals surface area contributed by atoms with Gasteiger partial charge in [-0.2, -0.15) is 0 Å². The average molecular weight is 388 g/mol. The summed E-state index contributed by atoms with van der Waals surface area (Å²) in [6.07, 6.45) is 0.980. The van der Waals surface area contributed by atoms with E-state index >= 15 is 0 Å². The lowest BCUT2D eigenvalue weighted by Gasteiger charge is -2.30. The molecule has 1 heterocycles. The summed E-state index contributed by atoms with van der Waals surface area (Å²) in [5.41, 5.74) is 4.36. The monoisotopic (exact) mass is 387 g/mol. The number of carbonyl (C=O) groups is 1. The van der Waals surface area contributed by atoms with Gasteiger partial charge in [0.1, 0.15) is 6.04 Å². The van der Waals surface area contributed by atoms with E-state index in [1.165, 1.54) is 11.1 Å². The van der Waals surface area contributed by atoms with E-state index in [1.807, 2.05) is 48.2 Å². The Labute approximate surface area is 171 Å². The van der Waals surface area contributed by atoms with Crippen molar-refractivity contribution < 1.29 is 4.79 Å². The van der Waals surface area contributed by atoms with Crippen LogP contribution in [0.25, 0.3) is 0 Å². The predicted octanol–water partition coefficient (Wildman–Crippen LogP) is 6.14. The van der Waals surface area contributed by atoms with E-state index < -0.39 is 0 Å². The summed E-state index contributed by atoms with van der Waals surface area (Å²) >= 11 is 1.87. The van der Waals surface area contributed by atoms with Gasteiger partial charge in [0.15, 0.2) is 5.78 Å². The van der Waals surface area contributed by atoms with Gasteiger partial charge < -0.3 is 4.90 Å². The van der Waals surface area contributed by atoms with Crippen molar-refractivity contribution in [3.8, 4) is 0 Å². The lowest BCUT2D eigenvalue weighted by molar-refractivity contribution is 0.0958. The largest absolute Gasteiger partial charge is 0.348 e. The van der Waals surface area contributed by atoms with Crippen molar-refractivity contribution in [1.82, 2.24) is 0 Å². The molecule has 0 saturated carbocycles. The van der Waals surface area contributed by atoms with Crippen molar-refractivity contribution in [2.24, 2.45) is 0 Å². The maximum Gasteiger partial charge on any atom is 0.186 e. The number of hydrogen-bond donors (Lipinski definition) is 0. The molecule has 0 aromatic heterocycles. The number of aryl methyl sites for hydroxylation is 1. The van der Waals surface area contributed by atoms with Gasteiger partial charge in [0.25, 0.3) is 0 Å². The Kier molecular flexibility index (Phi) is 5.54. The molecule has 0 radical (unpaired) electrons. The minimum Gasteiger partial charge on any atom is -0.348 e. The van der Waals surface area contributed by atoms with E-state index in [1.54, 1.807) is 0 Å². The van der Waals surface area contributed by atoms with Gasteiger partial charge in [0, 0.05) is 11.3 Å². The average Bonchev–Trinajstić information content (AvgIpc) is 3.11. The van der Waals surface area contributed by atoms with Crippen molar-refractivity contribution >= 4 is 23.2 Å². The van der Waals surface area contributed by atoms with Crippen molar-refractivity contribution in [2.75, 3.05) is 4.90 Å². The highest BCUT2D eigenvalue weighted by atomic mass is 32.2. The summed E-state index contributed by atoms with van der Waals surface area (Å²) in [6, 6.07) is 28.6. The Bertz CT molecular complexity index is 924. The Morgan fingerprint density at radius 2 is 1.50 bits per heavy atom. The van der Waals surface area contributed by atoms with Gasteiger partial charge in [-0.3, -0.25) is 4.79 Å². The SMILES string of the molecule is CCc1ccc(C(=O)[C@@H]2[C@H](c3ccccc3)S[C@@H](C)N2c2ccccc2)cc1. The molecule has 28 heavy (non-hydrogen) atoms. The molecule has 0 N–H and O–H groups in total.